The summed E-state index contributed by atoms with van der Waals surface area (Å²) >= 11 is 4.60. The van der Waals surface area contributed by atoms with E-state index in [9.17, 15) is 0 Å². The standard InChI is InChI=1S/C6H11N3S3/c1-9(2)4-7-6(8-5-10)12-11-3/h4-5H,1-3H3. The van der Waals surface area contributed by atoms with Crippen molar-refractivity contribution in [1.29, 1.82) is 0 Å². The molecule has 0 aliphatic heterocycles. The zero-order valence-electron chi connectivity index (χ0n) is 7.22. The molecule has 0 aliphatic carbocycles. The van der Waals surface area contributed by atoms with Crippen LogP contribution >= 0.6 is 33.8 Å². The van der Waals surface area contributed by atoms with E-state index in [0.29, 0.717) is 5.17 Å². The molecule has 0 radical (unpaired) electrons. The largest absolute Gasteiger partial charge is 0.369 e. The number of thiocarbonyl (C=S) groups is 1. The lowest BCUT2D eigenvalue weighted by atomic mass is 10.9. The summed E-state index contributed by atoms with van der Waals surface area (Å²) in [6.07, 6.45) is 3.66. The van der Waals surface area contributed by atoms with Gasteiger partial charge >= 0.3 is 0 Å². The SMILES string of the molecule is CSSC(N=CN(C)C)=NC=S. The van der Waals surface area contributed by atoms with E-state index < -0.39 is 0 Å². The zero-order chi connectivity index (χ0) is 9.40. The summed E-state index contributed by atoms with van der Waals surface area (Å²) in [5.41, 5.74) is 1.32. The van der Waals surface area contributed by atoms with Crippen molar-refractivity contribution in [3.63, 3.8) is 0 Å². The quantitative estimate of drug-likeness (QED) is 0.315. The normalized spacial score (nSPS) is 12.1. The smallest absolute Gasteiger partial charge is 0.200 e. The van der Waals surface area contributed by atoms with Gasteiger partial charge in [0.15, 0.2) is 0 Å². The third-order valence-corrected chi connectivity index (χ3v) is 2.30. The molecule has 0 unspecified atom stereocenters. The Hall–Kier alpha value is -0.0700. The molecule has 0 aromatic carbocycles. The fraction of sp³-hybridized carbons (Fsp3) is 0.500. The molecule has 0 fully saturated rings. The molecule has 0 aromatic heterocycles. The highest BCUT2D eigenvalue weighted by molar-refractivity contribution is 8.82. The summed E-state index contributed by atoms with van der Waals surface area (Å²) < 4.78 is 0. The first-order valence-corrected chi connectivity index (χ1v) is 6.16. The van der Waals surface area contributed by atoms with Gasteiger partial charge < -0.3 is 4.90 Å². The average Bonchev–Trinajstić information content (AvgIpc) is 2.01. The third kappa shape index (κ3) is 6.63. The molecule has 12 heavy (non-hydrogen) atoms. The fourth-order valence-corrected chi connectivity index (χ4v) is 1.57. The van der Waals surface area contributed by atoms with E-state index in [1.807, 2.05) is 25.3 Å². The lowest BCUT2D eigenvalue weighted by Gasteiger charge is -2.01. The summed E-state index contributed by atoms with van der Waals surface area (Å²) in [7, 11) is 6.89. The highest BCUT2D eigenvalue weighted by Gasteiger charge is 1.93. The van der Waals surface area contributed by atoms with Gasteiger partial charge in [-0.3, -0.25) is 0 Å². The highest BCUT2D eigenvalue weighted by Crippen LogP contribution is 2.19. The molecular formula is C6H11N3S3. The van der Waals surface area contributed by atoms with Gasteiger partial charge in [-0.05, 0) is 17.0 Å². The minimum Gasteiger partial charge on any atom is -0.369 e. The molecule has 6 heteroatoms. The summed E-state index contributed by atoms with van der Waals surface area (Å²) in [5, 5.41) is 0.672. The second-order valence-electron chi connectivity index (χ2n) is 1.98. The Morgan fingerprint density at radius 2 is 2.17 bits per heavy atom. The molecule has 0 aliphatic rings. The van der Waals surface area contributed by atoms with Gasteiger partial charge in [0.25, 0.3) is 0 Å². The fourth-order valence-electron chi connectivity index (χ4n) is 0.361. The lowest BCUT2D eigenvalue weighted by Crippen LogP contribution is -2.08. The maximum absolute atomic E-state index is 4.60. The first kappa shape index (κ1) is 11.9. The van der Waals surface area contributed by atoms with Crippen LogP contribution in [-0.2, 0) is 0 Å². The minimum absolute atomic E-state index is 0.672. The Morgan fingerprint density at radius 1 is 1.50 bits per heavy atom. The lowest BCUT2D eigenvalue weighted by molar-refractivity contribution is 0.644. The predicted molar refractivity (Wildman–Crippen MR) is 64.4 cm³/mol. The van der Waals surface area contributed by atoms with Gasteiger partial charge in [-0.15, -0.1) is 0 Å². The van der Waals surface area contributed by atoms with Crippen molar-refractivity contribution in [3.05, 3.63) is 0 Å². The Morgan fingerprint density at radius 3 is 2.58 bits per heavy atom. The molecule has 0 heterocycles. The number of hydrogen-bond acceptors (Lipinski definition) is 3. The molecule has 0 saturated carbocycles. The van der Waals surface area contributed by atoms with Gasteiger partial charge in [0, 0.05) is 14.1 Å². The van der Waals surface area contributed by atoms with E-state index in [2.05, 4.69) is 22.2 Å². The van der Waals surface area contributed by atoms with E-state index in [0.717, 1.165) is 0 Å². The summed E-state index contributed by atoms with van der Waals surface area (Å²) in [4.78, 5) is 9.85. The van der Waals surface area contributed by atoms with Crippen LogP contribution < -0.4 is 0 Å². The highest BCUT2D eigenvalue weighted by atomic mass is 33.1. The molecule has 0 saturated heterocycles. The van der Waals surface area contributed by atoms with Crippen LogP contribution in [0.5, 0.6) is 0 Å². The summed E-state index contributed by atoms with van der Waals surface area (Å²) in [6, 6.07) is 0. The van der Waals surface area contributed by atoms with Crippen LogP contribution in [0, 0.1) is 0 Å². The topological polar surface area (TPSA) is 28.0 Å². The van der Waals surface area contributed by atoms with Crippen molar-refractivity contribution >= 4 is 50.8 Å². The Balaban J connectivity index is 4.12. The predicted octanol–water partition coefficient (Wildman–Crippen LogP) is 1.90. The molecule has 0 N–H and O–H groups in total. The molecule has 0 rings (SSSR count). The van der Waals surface area contributed by atoms with Gasteiger partial charge in [-0.1, -0.05) is 23.0 Å². The average molecular weight is 221 g/mol. The van der Waals surface area contributed by atoms with Crippen molar-refractivity contribution in [3.8, 4) is 0 Å². The van der Waals surface area contributed by atoms with Crippen LogP contribution in [0.15, 0.2) is 9.98 Å². The van der Waals surface area contributed by atoms with Gasteiger partial charge in [-0.2, -0.15) is 0 Å². The van der Waals surface area contributed by atoms with Gasteiger partial charge in [0.2, 0.25) is 5.17 Å². The number of hydrogen-bond donors (Lipinski definition) is 0. The number of aliphatic imine (C=N–C) groups is 2. The van der Waals surface area contributed by atoms with Gasteiger partial charge in [-0.25, -0.2) is 9.98 Å². The van der Waals surface area contributed by atoms with Crippen LogP contribution in [0.1, 0.15) is 0 Å². The van der Waals surface area contributed by atoms with E-state index >= 15 is 0 Å². The second kappa shape index (κ2) is 7.57. The van der Waals surface area contributed by atoms with Gasteiger partial charge in [0.05, 0.1) is 11.8 Å². The molecule has 0 spiro atoms. The molecule has 68 valence electrons. The maximum Gasteiger partial charge on any atom is 0.200 e. The number of nitrogens with zero attached hydrogens (tertiary/aromatic N) is 3. The van der Waals surface area contributed by atoms with Crippen LogP contribution in [0.4, 0.5) is 0 Å². The van der Waals surface area contributed by atoms with E-state index in [1.165, 1.54) is 16.3 Å². The Bertz CT molecular complexity index is 188. The molecule has 0 atom stereocenters. The second-order valence-corrected chi connectivity index (χ2v) is 4.55. The molecular weight excluding hydrogens is 210 g/mol. The van der Waals surface area contributed by atoms with Crippen molar-refractivity contribution in [1.82, 2.24) is 4.90 Å². The molecule has 0 amide bonds. The monoisotopic (exact) mass is 221 g/mol. The first-order valence-electron chi connectivity index (χ1n) is 3.13. The van der Waals surface area contributed by atoms with Crippen LogP contribution in [-0.4, -0.2) is 42.2 Å². The van der Waals surface area contributed by atoms with Crippen LogP contribution in [0.2, 0.25) is 0 Å². The number of rotatable bonds is 3. The third-order valence-electron chi connectivity index (χ3n) is 0.720. The molecule has 0 aromatic rings. The zero-order valence-corrected chi connectivity index (χ0v) is 9.67. The Labute approximate surface area is 86.1 Å². The Kier molecular flexibility index (Phi) is 7.53. The minimum atomic E-state index is 0.672. The van der Waals surface area contributed by atoms with Crippen LogP contribution in [0.3, 0.4) is 0 Å². The van der Waals surface area contributed by atoms with Gasteiger partial charge in [0.1, 0.15) is 0 Å². The first-order chi connectivity index (χ1) is 5.70. The van der Waals surface area contributed by atoms with Crippen LogP contribution in [0.25, 0.3) is 0 Å². The van der Waals surface area contributed by atoms with Crippen molar-refractivity contribution in [2.75, 3.05) is 20.4 Å². The molecule has 0 bridgehead atoms. The van der Waals surface area contributed by atoms with Crippen molar-refractivity contribution in [2.45, 2.75) is 0 Å². The number of amidine groups is 1. The van der Waals surface area contributed by atoms with E-state index in [1.54, 1.807) is 17.1 Å². The van der Waals surface area contributed by atoms with Crippen molar-refractivity contribution in [2.24, 2.45) is 9.98 Å². The van der Waals surface area contributed by atoms with E-state index in [-0.39, 0.29) is 0 Å². The van der Waals surface area contributed by atoms with E-state index in [4.69, 9.17) is 0 Å². The maximum atomic E-state index is 4.60. The summed E-state index contributed by atoms with van der Waals surface area (Å²) in [6.45, 7) is 0. The summed E-state index contributed by atoms with van der Waals surface area (Å²) in [5.74, 6) is 0. The molecule has 3 nitrogen and oxygen atoms in total. The van der Waals surface area contributed by atoms with Crippen molar-refractivity contribution < 1.29 is 0 Å².